The van der Waals surface area contributed by atoms with Gasteiger partial charge in [-0.25, -0.2) is 9.13 Å². The Hall–Kier alpha value is -1.94. The third kappa shape index (κ3) is 78.0. The second-order valence-electron chi connectivity index (χ2n) is 31.6. The molecule has 0 aromatic heterocycles. The van der Waals surface area contributed by atoms with Crippen LogP contribution in [0.1, 0.15) is 440 Å². The van der Waals surface area contributed by atoms with Gasteiger partial charge in [-0.15, -0.1) is 0 Å². The van der Waals surface area contributed by atoms with E-state index in [0.717, 1.165) is 108 Å². The molecule has 0 aromatic carbocycles. The van der Waals surface area contributed by atoms with Crippen molar-refractivity contribution in [3.63, 3.8) is 0 Å². The highest BCUT2D eigenvalue weighted by Crippen LogP contribution is 2.45. The molecule has 0 aliphatic rings. The van der Waals surface area contributed by atoms with Crippen molar-refractivity contribution in [1.29, 1.82) is 0 Å². The molecule has 103 heavy (non-hydrogen) atoms. The van der Waals surface area contributed by atoms with E-state index in [1.165, 1.54) is 250 Å². The summed E-state index contributed by atoms with van der Waals surface area (Å²) >= 11 is 0. The zero-order valence-corrected chi connectivity index (χ0v) is 69.6. The van der Waals surface area contributed by atoms with Crippen LogP contribution >= 0.6 is 15.6 Å². The average molecular weight is 1510 g/mol. The molecular formula is C84H164O17P2. The number of phosphoric acid groups is 2. The van der Waals surface area contributed by atoms with Crippen LogP contribution in [0.2, 0.25) is 0 Å². The van der Waals surface area contributed by atoms with Crippen molar-refractivity contribution in [2.45, 2.75) is 458 Å². The number of hydrogen-bond donors (Lipinski definition) is 3. The van der Waals surface area contributed by atoms with Crippen molar-refractivity contribution >= 4 is 39.5 Å². The van der Waals surface area contributed by atoms with E-state index in [1.807, 2.05) is 0 Å². The smallest absolute Gasteiger partial charge is 0.462 e. The predicted octanol–water partition coefficient (Wildman–Crippen LogP) is 25.3. The molecule has 612 valence electrons. The average Bonchev–Trinajstić information content (AvgIpc) is 0.939. The monoisotopic (exact) mass is 1510 g/mol. The molecule has 0 rings (SSSR count). The van der Waals surface area contributed by atoms with Crippen molar-refractivity contribution in [3.8, 4) is 0 Å². The minimum Gasteiger partial charge on any atom is -0.462 e. The number of unbranched alkanes of at least 4 members (excludes halogenated alkanes) is 50. The first kappa shape index (κ1) is 101. The van der Waals surface area contributed by atoms with E-state index in [0.29, 0.717) is 25.7 Å². The lowest BCUT2D eigenvalue weighted by Gasteiger charge is -2.21. The predicted molar refractivity (Wildman–Crippen MR) is 423 cm³/mol. The van der Waals surface area contributed by atoms with Gasteiger partial charge in [-0.2, -0.15) is 0 Å². The molecule has 5 atom stereocenters. The molecule has 2 unspecified atom stereocenters. The quantitative estimate of drug-likeness (QED) is 0.0222. The van der Waals surface area contributed by atoms with Crippen LogP contribution in [0, 0.1) is 17.8 Å². The summed E-state index contributed by atoms with van der Waals surface area (Å²) in [6, 6.07) is 0. The molecule has 0 bridgehead atoms. The van der Waals surface area contributed by atoms with Gasteiger partial charge in [0.1, 0.15) is 19.3 Å². The first-order valence-electron chi connectivity index (χ1n) is 43.3. The Kier molecular flexibility index (Phi) is 72.8. The number of aliphatic hydroxyl groups excluding tert-OH is 1. The minimum atomic E-state index is -4.96. The maximum atomic E-state index is 13.1. The Bertz CT molecular complexity index is 1990. The lowest BCUT2D eigenvalue weighted by atomic mass is 10.0. The summed E-state index contributed by atoms with van der Waals surface area (Å²) in [5.41, 5.74) is 0. The highest BCUT2D eigenvalue weighted by Gasteiger charge is 2.30. The maximum Gasteiger partial charge on any atom is 0.472 e. The second kappa shape index (κ2) is 74.2. The van der Waals surface area contributed by atoms with Gasteiger partial charge in [-0.05, 0) is 43.4 Å². The summed E-state index contributed by atoms with van der Waals surface area (Å²) in [6.07, 6.45) is 63.8. The molecule has 0 spiro atoms. The van der Waals surface area contributed by atoms with Gasteiger partial charge in [0.2, 0.25) is 0 Å². The third-order valence-electron chi connectivity index (χ3n) is 19.6. The molecule has 3 N–H and O–H groups in total. The van der Waals surface area contributed by atoms with Crippen LogP contribution < -0.4 is 0 Å². The molecule has 0 aliphatic heterocycles. The van der Waals surface area contributed by atoms with E-state index in [9.17, 15) is 43.2 Å². The molecule has 17 nitrogen and oxygen atoms in total. The Morgan fingerprint density at radius 1 is 0.262 bits per heavy atom. The largest absolute Gasteiger partial charge is 0.472 e. The van der Waals surface area contributed by atoms with E-state index in [-0.39, 0.29) is 25.7 Å². The fourth-order valence-electron chi connectivity index (χ4n) is 13.0. The fourth-order valence-corrected chi connectivity index (χ4v) is 14.6. The van der Waals surface area contributed by atoms with Gasteiger partial charge in [0.15, 0.2) is 12.2 Å². The summed E-state index contributed by atoms with van der Waals surface area (Å²) in [4.78, 5) is 73.1. The van der Waals surface area contributed by atoms with Crippen LogP contribution in [-0.4, -0.2) is 96.7 Å². The van der Waals surface area contributed by atoms with E-state index in [2.05, 4.69) is 48.5 Å². The van der Waals surface area contributed by atoms with Crippen molar-refractivity contribution in [3.05, 3.63) is 0 Å². The van der Waals surface area contributed by atoms with Gasteiger partial charge in [0, 0.05) is 25.7 Å². The summed E-state index contributed by atoms with van der Waals surface area (Å²) in [6.45, 7) is 12.0. The van der Waals surface area contributed by atoms with Crippen LogP contribution in [0.4, 0.5) is 0 Å². The molecule has 0 aliphatic carbocycles. The zero-order chi connectivity index (χ0) is 75.8. The van der Waals surface area contributed by atoms with Crippen LogP contribution in [0.5, 0.6) is 0 Å². The Balaban J connectivity index is 5.23. The van der Waals surface area contributed by atoms with Gasteiger partial charge >= 0.3 is 39.5 Å². The van der Waals surface area contributed by atoms with Crippen LogP contribution in [0.15, 0.2) is 0 Å². The lowest BCUT2D eigenvalue weighted by molar-refractivity contribution is -0.161. The van der Waals surface area contributed by atoms with Crippen LogP contribution in [-0.2, 0) is 65.4 Å². The number of aliphatic hydroxyl groups is 1. The molecule has 0 heterocycles. The number of carbonyl (C=O) groups is 4. The fraction of sp³-hybridized carbons (Fsp3) is 0.952. The number of ether oxygens (including phenoxy) is 4. The van der Waals surface area contributed by atoms with Gasteiger partial charge < -0.3 is 33.8 Å². The molecule has 0 saturated heterocycles. The van der Waals surface area contributed by atoms with E-state index >= 15 is 0 Å². The van der Waals surface area contributed by atoms with E-state index in [4.69, 9.17) is 37.0 Å². The van der Waals surface area contributed by atoms with Gasteiger partial charge in [-0.1, -0.05) is 389 Å². The summed E-state index contributed by atoms with van der Waals surface area (Å²) in [5.74, 6) is 0.292. The Labute approximate surface area is 632 Å². The van der Waals surface area contributed by atoms with Crippen molar-refractivity contribution in [1.82, 2.24) is 0 Å². The lowest BCUT2D eigenvalue weighted by Crippen LogP contribution is -2.30. The van der Waals surface area contributed by atoms with Gasteiger partial charge in [0.25, 0.3) is 0 Å². The number of hydrogen-bond acceptors (Lipinski definition) is 15. The first-order valence-corrected chi connectivity index (χ1v) is 46.3. The molecule has 19 heteroatoms. The molecule has 0 fully saturated rings. The minimum absolute atomic E-state index is 0.107. The topological polar surface area (TPSA) is 237 Å². The van der Waals surface area contributed by atoms with Crippen LogP contribution in [0.3, 0.4) is 0 Å². The SMILES string of the molecule is CCCCCCCCCCCCC(=O)OC[C@H](COP(=O)(O)OC[C@H](O)COP(=O)(O)OC[C@@H](COC(=O)CCCCCCCCCCCCCCCCCCC(C)C)OC(=O)CCCCCCCCCCCCCCCCCCC(C)C)OC(=O)CCCCCCCCCCCCCCC(C)C. The molecule has 0 saturated carbocycles. The standard InChI is InChI=1S/C84H164O17P2/c1-8-9-10-11-12-13-37-44-51-58-65-81(86)94-71-79(100-84(89)68-61-54-47-40-33-27-26-30-36-43-50-57-64-77(6)7)73-98-102(90,91)96-69-78(85)70-97-103(92,93)99-74-80(101-83(88)67-60-53-46-39-32-25-21-17-15-19-23-29-35-42-49-56-63-76(4)5)72-95-82(87)66-59-52-45-38-31-24-20-16-14-18-22-28-34-41-48-55-62-75(2)3/h75-80,85H,8-74H2,1-7H3,(H,90,91)(H,92,93)/t78-,79+,80+/m0/s1. The Morgan fingerprint density at radius 2 is 0.447 bits per heavy atom. The zero-order valence-electron chi connectivity index (χ0n) is 67.8. The number of carbonyl (C=O) groups excluding carboxylic acids is 4. The molecule has 0 radical (unpaired) electrons. The van der Waals surface area contributed by atoms with Gasteiger partial charge in [0.05, 0.1) is 26.4 Å². The third-order valence-corrected chi connectivity index (χ3v) is 21.5. The summed E-state index contributed by atoms with van der Waals surface area (Å²) < 4.78 is 68.8. The van der Waals surface area contributed by atoms with E-state index in [1.54, 1.807) is 0 Å². The molecular weight excluding hydrogens is 1340 g/mol. The van der Waals surface area contributed by atoms with E-state index < -0.39 is 97.5 Å². The normalized spacial score (nSPS) is 13.9. The highest BCUT2D eigenvalue weighted by molar-refractivity contribution is 7.47. The number of phosphoric ester groups is 2. The maximum absolute atomic E-state index is 13.1. The number of rotatable bonds is 82. The van der Waals surface area contributed by atoms with Crippen molar-refractivity contribution < 1.29 is 80.2 Å². The summed E-state index contributed by atoms with van der Waals surface area (Å²) in [5, 5.41) is 10.7. The highest BCUT2D eigenvalue weighted by atomic mass is 31.2. The van der Waals surface area contributed by atoms with Crippen molar-refractivity contribution in [2.24, 2.45) is 17.8 Å². The second-order valence-corrected chi connectivity index (χ2v) is 34.6. The Morgan fingerprint density at radius 3 is 0.660 bits per heavy atom. The van der Waals surface area contributed by atoms with Crippen molar-refractivity contribution in [2.75, 3.05) is 39.6 Å². The first-order chi connectivity index (χ1) is 49.7. The van der Waals surface area contributed by atoms with Crippen LogP contribution in [0.25, 0.3) is 0 Å². The number of esters is 4. The van der Waals surface area contributed by atoms with Gasteiger partial charge in [-0.3, -0.25) is 37.3 Å². The molecule has 0 amide bonds. The summed E-state index contributed by atoms with van der Waals surface area (Å²) in [7, 11) is -9.92. The molecule has 0 aromatic rings.